The van der Waals surface area contributed by atoms with E-state index >= 15 is 0 Å². The highest BCUT2D eigenvalue weighted by Gasteiger charge is 2.37. The van der Waals surface area contributed by atoms with Crippen LogP contribution >= 0.6 is 0 Å². The van der Waals surface area contributed by atoms with Crippen molar-refractivity contribution in [3.8, 4) is 0 Å². The second kappa shape index (κ2) is 7.12. The highest BCUT2D eigenvalue weighted by molar-refractivity contribution is 6.05. The largest absolute Gasteiger partial charge is 0.432 e. The number of carbonyl (C=O) groups excluding carboxylic acids is 1. The SMILES string of the molecule is CN(C)C(=O)c1cccc(C2=CC(C(F)(F)F)=NCC2CCO)n1. The number of dihydropyridines is 1. The molecule has 1 aromatic heterocycles. The van der Waals surface area contributed by atoms with Gasteiger partial charge in [0, 0.05) is 33.2 Å². The molecule has 1 N–H and O–H groups in total. The number of pyridine rings is 1. The van der Waals surface area contributed by atoms with Gasteiger partial charge in [0.25, 0.3) is 5.91 Å². The van der Waals surface area contributed by atoms with E-state index in [4.69, 9.17) is 5.11 Å². The minimum absolute atomic E-state index is 0.0746. The first-order chi connectivity index (χ1) is 11.2. The Kier molecular flexibility index (Phi) is 5.38. The van der Waals surface area contributed by atoms with Crippen molar-refractivity contribution in [2.24, 2.45) is 10.9 Å². The van der Waals surface area contributed by atoms with Crippen molar-refractivity contribution in [2.75, 3.05) is 27.2 Å². The second-order valence-electron chi connectivity index (χ2n) is 5.64. The van der Waals surface area contributed by atoms with Gasteiger partial charge in [0.05, 0.1) is 5.69 Å². The number of nitrogens with zero attached hydrogens (tertiary/aromatic N) is 3. The van der Waals surface area contributed by atoms with Crippen LogP contribution in [0.1, 0.15) is 22.6 Å². The van der Waals surface area contributed by atoms with Crippen LogP contribution in [0.4, 0.5) is 13.2 Å². The van der Waals surface area contributed by atoms with Gasteiger partial charge in [-0.2, -0.15) is 13.2 Å². The number of halogens is 3. The van der Waals surface area contributed by atoms with Crippen molar-refractivity contribution in [1.29, 1.82) is 0 Å². The summed E-state index contributed by atoms with van der Waals surface area (Å²) in [6, 6.07) is 4.64. The molecular formula is C16H18F3N3O2. The van der Waals surface area contributed by atoms with Gasteiger partial charge in [-0.15, -0.1) is 0 Å². The second-order valence-corrected chi connectivity index (χ2v) is 5.64. The molecule has 0 radical (unpaired) electrons. The molecule has 1 aliphatic rings. The average Bonchev–Trinajstić information content (AvgIpc) is 2.53. The van der Waals surface area contributed by atoms with Crippen LogP contribution < -0.4 is 0 Å². The zero-order valence-electron chi connectivity index (χ0n) is 13.3. The van der Waals surface area contributed by atoms with E-state index in [1.807, 2.05) is 0 Å². The summed E-state index contributed by atoms with van der Waals surface area (Å²) in [7, 11) is 3.14. The minimum Gasteiger partial charge on any atom is -0.396 e. The van der Waals surface area contributed by atoms with Gasteiger partial charge in [0.2, 0.25) is 0 Å². The molecule has 1 unspecified atom stereocenters. The first-order valence-corrected chi connectivity index (χ1v) is 7.37. The van der Waals surface area contributed by atoms with E-state index in [0.29, 0.717) is 5.57 Å². The first kappa shape index (κ1) is 18.1. The van der Waals surface area contributed by atoms with Crippen LogP contribution in [0.25, 0.3) is 5.57 Å². The number of hydrogen-bond donors (Lipinski definition) is 1. The quantitative estimate of drug-likeness (QED) is 0.913. The summed E-state index contributed by atoms with van der Waals surface area (Å²) in [5.41, 5.74) is -0.201. The molecule has 2 rings (SSSR count). The third-order valence-electron chi connectivity index (χ3n) is 3.65. The summed E-state index contributed by atoms with van der Waals surface area (Å²) in [6.45, 7) is -0.246. The summed E-state index contributed by atoms with van der Waals surface area (Å²) < 4.78 is 38.9. The average molecular weight is 341 g/mol. The molecular weight excluding hydrogens is 323 g/mol. The van der Waals surface area contributed by atoms with Crippen molar-refractivity contribution in [2.45, 2.75) is 12.6 Å². The van der Waals surface area contributed by atoms with Gasteiger partial charge in [-0.1, -0.05) is 6.07 Å². The highest BCUT2D eigenvalue weighted by Crippen LogP contribution is 2.32. The zero-order chi connectivity index (χ0) is 17.9. The maximum absolute atomic E-state index is 13.0. The first-order valence-electron chi connectivity index (χ1n) is 7.37. The fraction of sp³-hybridized carbons (Fsp3) is 0.438. The Morgan fingerprint density at radius 1 is 1.38 bits per heavy atom. The standard InChI is InChI=1S/C16H18F3N3O2/c1-22(2)15(24)13-5-3-4-12(21-13)11-8-14(16(17,18)19)20-9-10(11)6-7-23/h3-5,8,10,23H,6-7,9H2,1-2H3. The van der Waals surface area contributed by atoms with E-state index in [2.05, 4.69) is 9.98 Å². The molecule has 0 saturated carbocycles. The van der Waals surface area contributed by atoms with Crippen LogP contribution in [-0.2, 0) is 0 Å². The lowest BCUT2D eigenvalue weighted by atomic mass is 9.89. The maximum Gasteiger partial charge on any atom is 0.432 e. The molecule has 0 fully saturated rings. The molecule has 130 valence electrons. The van der Waals surface area contributed by atoms with Gasteiger partial charge in [0.1, 0.15) is 11.4 Å². The number of aliphatic hydroxyl groups excluding tert-OH is 1. The number of amides is 1. The van der Waals surface area contributed by atoms with Crippen molar-refractivity contribution in [1.82, 2.24) is 9.88 Å². The molecule has 2 heterocycles. The third kappa shape index (κ3) is 4.00. The van der Waals surface area contributed by atoms with Crippen LogP contribution in [0.3, 0.4) is 0 Å². The predicted molar refractivity (Wildman–Crippen MR) is 83.8 cm³/mol. The fourth-order valence-corrected chi connectivity index (χ4v) is 2.42. The molecule has 8 heteroatoms. The Bertz CT molecular complexity index is 681. The van der Waals surface area contributed by atoms with Crippen LogP contribution in [0.15, 0.2) is 29.3 Å². The fourth-order valence-electron chi connectivity index (χ4n) is 2.42. The molecule has 0 aromatic carbocycles. The number of hydrogen-bond acceptors (Lipinski definition) is 4. The van der Waals surface area contributed by atoms with E-state index < -0.39 is 11.9 Å². The van der Waals surface area contributed by atoms with Crippen LogP contribution in [0.2, 0.25) is 0 Å². The number of aromatic nitrogens is 1. The van der Waals surface area contributed by atoms with Crippen molar-refractivity contribution in [3.05, 3.63) is 35.7 Å². The summed E-state index contributed by atoms with van der Waals surface area (Å²) >= 11 is 0. The number of rotatable bonds is 4. The Morgan fingerprint density at radius 3 is 2.67 bits per heavy atom. The van der Waals surface area contributed by atoms with Crippen molar-refractivity contribution < 1.29 is 23.1 Å². The smallest absolute Gasteiger partial charge is 0.396 e. The molecule has 5 nitrogen and oxygen atoms in total. The molecule has 1 amide bonds. The monoisotopic (exact) mass is 341 g/mol. The molecule has 1 aromatic rings. The molecule has 24 heavy (non-hydrogen) atoms. The number of carbonyl (C=O) groups is 1. The van der Waals surface area contributed by atoms with E-state index in [9.17, 15) is 18.0 Å². The molecule has 1 atom stereocenters. The van der Waals surface area contributed by atoms with Crippen molar-refractivity contribution in [3.63, 3.8) is 0 Å². The number of allylic oxidation sites excluding steroid dienone is 1. The Hall–Kier alpha value is -2.22. The lowest BCUT2D eigenvalue weighted by Gasteiger charge is -2.23. The Labute approximate surface area is 137 Å². The van der Waals surface area contributed by atoms with Gasteiger partial charge < -0.3 is 10.0 Å². The number of aliphatic imine (C=N–C) groups is 1. The highest BCUT2D eigenvalue weighted by atomic mass is 19.4. The maximum atomic E-state index is 13.0. The topological polar surface area (TPSA) is 65.8 Å². The lowest BCUT2D eigenvalue weighted by Crippen LogP contribution is -2.27. The third-order valence-corrected chi connectivity index (χ3v) is 3.65. The number of alkyl halides is 3. The summed E-state index contributed by atoms with van der Waals surface area (Å²) in [6.07, 6.45) is -3.32. The van der Waals surface area contributed by atoms with Crippen LogP contribution in [0, 0.1) is 5.92 Å². The predicted octanol–water partition coefficient (Wildman–Crippen LogP) is 2.18. The summed E-state index contributed by atoms with van der Waals surface area (Å²) in [5.74, 6) is -0.713. The molecule has 1 aliphatic heterocycles. The van der Waals surface area contributed by atoms with E-state index in [-0.39, 0.29) is 42.8 Å². The molecule has 0 bridgehead atoms. The van der Waals surface area contributed by atoms with Crippen LogP contribution in [-0.4, -0.2) is 60.0 Å². The Morgan fingerprint density at radius 2 is 2.08 bits per heavy atom. The van der Waals surface area contributed by atoms with Gasteiger partial charge in [-0.25, -0.2) is 4.98 Å². The van der Waals surface area contributed by atoms with E-state index in [1.54, 1.807) is 26.2 Å². The molecule has 0 saturated heterocycles. The van der Waals surface area contributed by atoms with Gasteiger partial charge in [0.15, 0.2) is 0 Å². The number of aliphatic hydroxyl groups is 1. The van der Waals surface area contributed by atoms with E-state index in [1.165, 1.54) is 11.0 Å². The zero-order valence-corrected chi connectivity index (χ0v) is 13.3. The van der Waals surface area contributed by atoms with E-state index in [0.717, 1.165) is 6.08 Å². The molecule has 0 aliphatic carbocycles. The van der Waals surface area contributed by atoms with Crippen LogP contribution in [0.5, 0.6) is 0 Å². The molecule has 0 spiro atoms. The van der Waals surface area contributed by atoms with Gasteiger partial charge >= 0.3 is 6.18 Å². The normalized spacial score (nSPS) is 18.0. The van der Waals surface area contributed by atoms with Gasteiger partial charge in [-0.3, -0.25) is 9.79 Å². The minimum atomic E-state index is -4.55. The summed E-state index contributed by atoms with van der Waals surface area (Å²) in [5, 5.41) is 9.15. The van der Waals surface area contributed by atoms with Gasteiger partial charge in [-0.05, 0) is 30.2 Å². The summed E-state index contributed by atoms with van der Waals surface area (Å²) in [4.78, 5) is 21.1. The Balaban J connectivity index is 2.45. The van der Waals surface area contributed by atoms with Crippen molar-refractivity contribution >= 4 is 17.2 Å². The lowest BCUT2D eigenvalue weighted by molar-refractivity contribution is -0.0580.